The lowest BCUT2D eigenvalue weighted by Crippen LogP contribution is -2.51. The summed E-state index contributed by atoms with van der Waals surface area (Å²) >= 11 is 2.84. The van der Waals surface area contributed by atoms with Crippen molar-refractivity contribution in [1.82, 2.24) is 5.32 Å². The van der Waals surface area contributed by atoms with Gasteiger partial charge >= 0.3 is 18.2 Å². The molecule has 10 heteroatoms. The van der Waals surface area contributed by atoms with Crippen LogP contribution in [0.15, 0.2) is 22.7 Å². The smallest absolute Gasteiger partial charge is 0.408 e. The van der Waals surface area contributed by atoms with Crippen LogP contribution in [0.25, 0.3) is 0 Å². The van der Waals surface area contributed by atoms with Gasteiger partial charge in [-0.05, 0) is 54.4 Å². The second kappa shape index (κ2) is 8.24. The molecule has 1 amide bonds. The molecule has 0 bridgehead atoms. The minimum atomic E-state index is -4.98. The van der Waals surface area contributed by atoms with E-state index in [1.165, 1.54) is 20.8 Å². The van der Waals surface area contributed by atoms with Crippen LogP contribution in [0.1, 0.15) is 32.3 Å². The van der Waals surface area contributed by atoms with Gasteiger partial charge in [-0.3, -0.25) is 0 Å². The third-order valence-electron chi connectivity index (χ3n) is 3.12. The van der Waals surface area contributed by atoms with Gasteiger partial charge < -0.3 is 14.8 Å². The summed E-state index contributed by atoms with van der Waals surface area (Å²) in [5.74, 6) is -4.83. The molecule has 0 radical (unpaired) electrons. The average molecular weight is 444 g/mol. The number of benzene rings is 1. The van der Waals surface area contributed by atoms with Crippen LogP contribution >= 0.6 is 15.9 Å². The summed E-state index contributed by atoms with van der Waals surface area (Å²) in [6, 6.07) is 0.550. The van der Waals surface area contributed by atoms with Crippen molar-refractivity contribution in [3.05, 3.63) is 34.1 Å². The highest BCUT2D eigenvalue weighted by molar-refractivity contribution is 9.10. The average Bonchev–Trinajstić information content (AvgIpc) is 2.46. The molecule has 1 rings (SSSR count). The van der Waals surface area contributed by atoms with E-state index in [0.29, 0.717) is 6.07 Å². The van der Waals surface area contributed by atoms with Gasteiger partial charge in [-0.2, -0.15) is 13.2 Å². The number of alkyl carbamates (subject to hydrolysis) is 1. The fraction of sp³-hybridized carbons (Fsp3) is 0.500. The number of carbonyl (C=O) groups excluding carboxylic acids is 2. The lowest BCUT2D eigenvalue weighted by Gasteiger charge is -2.29. The van der Waals surface area contributed by atoms with Crippen LogP contribution in [0.3, 0.4) is 0 Å². The van der Waals surface area contributed by atoms with Crippen LogP contribution in [-0.4, -0.2) is 37.0 Å². The van der Waals surface area contributed by atoms with Crippen molar-refractivity contribution >= 4 is 28.0 Å². The van der Waals surface area contributed by atoms with E-state index < -0.39 is 47.2 Å². The molecule has 0 heterocycles. The Morgan fingerprint density at radius 2 is 1.77 bits per heavy atom. The van der Waals surface area contributed by atoms with Crippen molar-refractivity contribution in [3.8, 4) is 0 Å². The SMILES string of the molecule is COC(=O)C(NC(=O)OC(C)(C)C)C(c1ccc(Br)c(F)c1)C(F)(F)F. The fourth-order valence-electron chi connectivity index (χ4n) is 2.12. The first-order valence-corrected chi connectivity index (χ1v) is 8.14. The first-order valence-electron chi connectivity index (χ1n) is 7.35. The highest BCUT2D eigenvalue weighted by atomic mass is 79.9. The van der Waals surface area contributed by atoms with Gasteiger partial charge in [0.25, 0.3) is 0 Å². The van der Waals surface area contributed by atoms with Crippen molar-refractivity contribution in [2.75, 3.05) is 7.11 Å². The fourth-order valence-corrected chi connectivity index (χ4v) is 2.36. The zero-order valence-corrected chi connectivity index (χ0v) is 16.0. The molecule has 0 aliphatic carbocycles. The van der Waals surface area contributed by atoms with E-state index in [-0.39, 0.29) is 4.47 Å². The maximum absolute atomic E-state index is 13.7. The van der Waals surface area contributed by atoms with Gasteiger partial charge in [0.05, 0.1) is 11.6 Å². The molecule has 0 spiro atoms. The van der Waals surface area contributed by atoms with Gasteiger partial charge in [-0.15, -0.1) is 0 Å². The molecule has 2 atom stereocenters. The molecule has 1 N–H and O–H groups in total. The predicted octanol–water partition coefficient (Wildman–Crippen LogP) is 4.30. The summed E-state index contributed by atoms with van der Waals surface area (Å²) in [5.41, 5.74) is -1.55. The van der Waals surface area contributed by atoms with E-state index in [1.54, 1.807) is 0 Å². The van der Waals surface area contributed by atoms with Gasteiger partial charge in [0, 0.05) is 0 Å². The van der Waals surface area contributed by atoms with Crippen LogP contribution in [0, 0.1) is 5.82 Å². The van der Waals surface area contributed by atoms with E-state index in [1.807, 2.05) is 5.32 Å². The first-order chi connectivity index (χ1) is 11.8. The van der Waals surface area contributed by atoms with E-state index in [9.17, 15) is 27.2 Å². The summed E-state index contributed by atoms with van der Waals surface area (Å²) in [7, 11) is 0.877. The van der Waals surface area contributed by atoms with Crippen molar-refractivity contribution < 1.29 is 36.6 Å². The molecule has 0 saturated carbocycles. The van der Waals surface area contributed by atoms with Gasteiger partial charge in [0.2, 0.25) is 0 Å². The Labute approximate surface area is 156 Å². The molecule has 26 heavy (non-hydrogen) atoms. The lowest BCUT2D eigenvalue weighted by atomic mass is 9.90. The van der Waals surface area contributed by atoms with Gasteiger partial charge in [-0.1, -0.05) is 6.07 Å². The molecular formula is C16H18BrF4NO4. The maximum atomic E-state index is 13.7. The number of rotatable bonds is 4. The standard InChI is InChI=1S/C16H18BrF4NO4/c1-15(2,3)26-14(24)22-12(13(23)25-4)11(16(19,20)21)8-5-6-9(17)10(18)7-8/h5-7,11-12H,1-4H3,(H,22,24). The summed E-state index contributed by atoms with van der Waals surface area (Å²) in [6.45, 7) is 4.52. The zero-order valence-electron chi connectivity index (χ0n) is 14.4. The zero-order chi connectivity index (χ0) is 20.3. The Bertz CT molecular complexity index is 673. The molecule has 1 aromatic carbocycles. The summed E-state index contributed by atoms with van der Waals surface area (Å²) in [5, 5.41) is 1.87. The Morgan fingerprint density at radius 1 is 1.19 bits per heavy atom. The van der Waals surface area contributed by atoms with Gasteiger partial charge in [0.1, 0.15) is 23.4 Å². The first kappa shape index (κ1) is 22.2. The van der Waals surface area contributed by atoms with Crippen LogP contribution in [0.5, 0.6) is 0 Å². The van der Waals surface area contributed by atoms with E-state index in [0.717, 1.165) is 19.2 Å². The number of methoxy groups -OCH3 is 1. The number of esters is 1. The maximum Gasteiger partial charge on any atom is 0.408 e. The third kappa shape index (κ3) is 6.15. The molecular weight excluding hydrogens is 426 g/mol. The summed E-state index contributed by atoms with van der Waals surface area (Å²) in [4.78, 5) is 23.8. The van der Waals surface area contributed by atoms with E-state index in [2.05, 4.69) is 20.7 Å². The van der Waals surface area contributed by atoms with Crippen molar-refractivity contribution in [3.63, 3.8) is 0 Å². The van der Waals surface area contributed by atoms with Crippen molar-refractivity contribution in [2.45, 2.75) is 44.5 Å². The number of hydrogen-bond acceptors (Lipinski definition) is 4. The predicted molar refractivity (Wildman–Crippen MR) is 88.1 cm³/mol. The number of halogens is 5. The van der Waals surface area contributed by atoms with Gasteiger partial charge in [-0.25, -0.2) is 14.0 Å². The number of nitrogens with one attached hydrogen (secondary N) is 1. The molecule has 0 aliphatic heterocycles. The monoisotopic (exact) mass is 443 g/mol. The molecule has 0 aromatic heterocycles. The molecule has 0 aliphatic rings. The Hall–Kier alpha value is -1.84. The van der Waals surface area contributed by atoms with Crippen LogP contribution in [-0.2, 0) is 14.3 Å². The minimum absolute atomic E-state index is 0.0445. The number of hydrogen-bond donors (Lipinski definition) is 1. The molecule has 5 nitrogen and oxygen atoms in total. The topological polar surface area (TPSA) is 64.6 Å². The number of amides is 1. The molecule has 2 unspecified atom stereocenters. The highest BCUT2D eigenvalue weighted by Crippen LogP contribution is 2.39. The van der Waals surface area contributed by atoms with Crippen molar-refractivity contribution in [2.24, 2.45) is 0 Å². The lowest BCUT2D eigenvalue weighted by molar-refractivity contribution is -0.170. The second-order valence-electron chi connectivity index (χ2n) is 6.34. The Balaban J connectivity index is 3.33. The number of alkyl halides is 3. The largest absolute Gasteiger partial charge is 0.467 e. The number of ether oxygens (including phenoxy) is 2. The molecule has 1 aromatic rings. The molecule has 0 saturated heterocycles. The van der Waals surface area contributed by atoms with E-state index in [4.69, 9.17) is 4.74 Å². The van der Waals surface area contributed by atoms with Crippen LogP contribution < -0.4 is 5.32 Å². The normalized spacial score (nSPS) is 14.3. The number of carbonyl (C=O) groups is 2. The summed E-state index contributed by atoms with van der Waals surface area (Å²) in [6.07, 6.45) is -6.21. The van der Waals surface area contributed by atoms with Crippen molar-refractivity contribution in [1.29, 1.82) is 0 Å². The van der Waals surface area contributed by atoms with Crippen LogP contribution in [0.4, 0.5) is 22.4 Å². The molecule has 146 valence electrons. The van der Waals surface area contributed by atoms with Gasteiger partial charge in [0.15, 0.2) is 0 Å². The summed E-state index contributed by atoms with van der Waals surface area (Å²) < 4.78 is 63.9. The Kier molecular flexibility index (Phi) is 7.03. The molecule has 0 fully saturated rings. The quantitative estimate of drug-likeness (QED) is 0.556. The Morgan fingerprint density at radius 3 is 2.19 bits per heavy atom. The highest BCUT2D eigenvalue weighted by Gasteiger charge is 2.50. The van der Waals surface area contributed by atoms with E-state index >= 15 is 0 Å². The second-order valence-corrected chi connectivity index (χ2v) is 7.19. The third-order valence-corrected chi connectivity index (χ3v) is 3.76. The minimum Gasteiger partial charge on any atom is -0.467 e. The van der Waals surface area contributed by atoms with Crippen LogP contribution in [0.2, 0.25) is 0 Å².